The number of ether oxygens (including phenoxy) is 3. The third kappa shape index (κ3) is 5.24. The SMILES string of the molecule is COc1cc2nccc(Oc3ccc(NC(=O)c4c(C)n(C)cc(-c5ccc(F)cc5C)c4=O)cc3F)c2nc1OC. The predicted octanol–water partition coefficient (Wildman–Crippen LogP) is 5.95. The highest BCUT2D eigenvalue weighted by molar-refractivity contribution is 6.05. The summed E-state index contributed by atoms with van der Waals surface area (Å²) in [6.45, 7) is 3.31. The topological polar surface area (TPSA) is 105 Å². The molecule has 0 aliphatic heterocycles. The molecule has 3 aromatic heterocycles. The van der Waals surface area contributed by atoms with Crippen molar-refractivity contribution in [1.29, 1.82) is 0 Å². The van der Waals surface area contributed by atoms with Crippen molar-refractivity contribution in [3.05, 3.63) is 99.6 Å². The molecule has 42 heavy (non-hydrogen) atoms. The Labute approximate surface area is 239 Å². The van der Waals surface area contributed by atoms with Crippen LogP contribution in [-0.4, -0.2) is 34.7 Å². The van der Waals surface area contributed by atoms with Gasteiger partial charge in [-0.2, -0.15) is 0 Å². The van der Waals surface area contributed by atoms with E-state index in [0.29, 0.717) is 33.6 Å². The Morgan fingerprint density at radius 1 is 0.929 bits per heavy atom. The molecule has 11 heteroatoms. The number of aromatic nitrogens is 3. The van der Waals surface area contributed by atoms with Gasteiger partial charge in [0.05, 0.1) is 19.7 Å². The maximum atomic E-state index is 15.2. The Hall–Kier alpha value is -5.32. The van der Waals surface area contributed by atoms with E-state index in [2.05, 4.69) is 15.3 Å². The number of methoxy groups -OCH3 is 2. The molecule has 0 fully saturated rings. The first kappa shape index (κ1) is 28.2. The maximum absolute atomic E-state index is 15.2. The third-order valence-electron chi connectivity index (χ3n) is 6.82. The lowest BCUT2D eigenvalue weighted by Crippen LogP contribution is -2.27. The molecule has 1 N–H and O–H groups in total. The molecule has 0 aliphatic carbocycles. The van der Waals surface area contributed by atoms with E-state index in [1.165, 1.54) is 56.8 Å². The highest BCUT2D eigenvalue weighted by Gasteiger charge is 2.21. The van der Waals surface area contributed by atoms with Crippen LogP contribution in [0.2, 0.25) is 0 Å². The smallest absolute Gasteiger partial charge is 0.261 e. The molecule has 0 spiro atoms. The van der Waals surface area contributed by atoms with Gasteiger partial charge in [0.1, 0.15) is 16.9 Å². The third-order valence-corrected chi connectivity index (χ3v) is 6.82. The molecule has 0 aliphatic rings. The van der Waals surface area contributed by atoms with Gasteiger partial charge in [-0.25, -0.2) is 13.8 Å². The second-order valence-electron chi connectivity index (χ2n) is 9.48. The van der Waals surface area contributed by atoms with Crippen molar-refractivity contribution in [3.63, 3.8) is 0 Å². The van der Waals surface area contributed by atoms with Gasteiger partial charge in [0.15, 0.2) is 23.1 Å². The van der Waals surface area contributed by atoms with Crippen LogP contribution in [0.1, 0.15) is 21.6 Å². The van der Waals surface area contributed by atoms with Crippen LogP contribution in [0.25, 0.3) is 22.2 Å². The van der Waals surface area contributed by atoms with Gasteiger partial charge < -0.3 is 24.1 Å². The Morgan fingerprint density at radius 3 is 2.40 bits per heavy atom. The monoisotopic (exact) mass is 572 g/mol. The van der Waals surface area contributed by atoms with Crippen LogP contribution in [0, 0.1) is 25.5 Å². The standard InChI is InChI=1S/C31H26F2N4O5/c1-16-12-18(32)6-8-20(16)21-15-37(3)17(2)27(29(21)38)30(39)35-19-7-9-24(22(33)13-19)42-25-10-11-34-23-14-26(40-4)31(41-5)36-28(23)25/h6-15H,1-5H3,(H,35,39). The molecule has 9 nitrogen and oxygen atoms in total. The van der Waals surface area contributed by atoms with Crippen LogP contribution in [0.5, 0.6) is 23.1 Å². The Balaban J connectivity index is 1.44. The number of nitrogens with one attached hydrogen (secondary N) is 1. The number of fused-ring (bicyclic) bond motifs is 1. The molecule has 0 bridgehead atoms. The summed E-state index contributed by atoms with van der Waals surface area (Å²) in [5.74, 6) is -1.22. The number of benzene rings is 2. The minimum Gasteiger partial charge on any atom is -0.491 e. The number of hydrogen-bond acceptors (Lipinski definition) is 7. The molecular weight excluding hydrogens is 546 g/mol. The van der Waals surface area contributed by atoms with Crippen LogP contribution in [-0.2, 0) is 7.05 Å². The number of carbonyl (C=O) groups is 1. The number of pyridine rings is 3. The normalized spacial score (nSPS) is 10.9. The minimum atomic E-state index is -0.765. The van der Waals surface area contributed by atoms with Crippen molar-refractivity contribution < 1.29 is 27.8 Å². The number of anilines is 1. The van der Waals surface area contributed by atoms with Crippen molar-refractivity contribution in [3.8, 4) is 34.3 Å². The van der Waals surface area contributed by atoms with Crippen LogP contribution in [0.4, 0.5) is 14.5 Å². The second kappa shape index (κ2) is 11.3. The molecule has 0 unspecified atom stereocenters. The largest absolute Gasteiger partial charge is 0.491 e. The number of hydrogen-bond donors (Lipinski definition) is 1. The molecule has 0 saturated heterocycles. The zero-order valence-electron chi connectivity index (χ0n) is 23.4. The number of rotatable bonds is 7. The molecule has 3 heterocycles. The number of carbonyl (C=O) groups excluding carboxylic acids is 1. The first-order valence-electron chi connectivity index (χ1n) is 12.7. The summed E-state index contributed by atoms with van der Waals surface area (Å²) < 4.78 is 46.8. The van der Waals surface area contributed by atoms with E-state index in [0.717, 1.165) is 6.07 Å². The summed E-state index contributed by atoms with van der Waals surface area (Å²) >= 11 is 0. The second-order valence-corrected chi connectivity index (χ2v) is 9.48. The van der Waals surface area contributed by atoms with Crippen LogP contribution < -0.4 is 25.0 Å². The lowest BCUT2D eigenvalue weighted by molar-refractivity contribution is 0.102. The van der Waals surface area contributed by atoms with E-state index in [4.69, 9.17) is 14.2 Å². The average molecular weight is 573 g/mol. The summed E-state index contributed by atoms with van der Waals surface area (Å²) in [5, 5.41) is 2.60. The number of amides is 1. The summed E-state index contributed by atoms with van der Waals surface area (Å²) in [6, 6.07) is 11.1. The van der Waals surface area contributed by atoms with Gasteiger partial charge in [-0.1, -0.05) is 6.07 Å². The zero-order valence-corrected chi connectivity index (χ0v) is 23.4. The quantitative estimate of drug-likeness (QED) is 0.257. The van der Waals surface area contributed by atoms with E-state index >= 15 is 4.39 Å². The molecule has 0 radical (unpaired) electrons. The average Bonchev–Trinajstić information content (AvgIpc) is 2.96. The summed E-state index contributed by atoms with van der Waals surface area (Å²) in [4.78, 5) is 35.4. The van der Waals surface area contributed by atoms with Gasteiger partial charge in [-0.3, -0.25) is 14.6 Å². The van der Waals surface area contributed by atoms with Crippen LogP contribution in [0.3, 0.4) is 0 Å². The lowest BCUT2D eigenvalue weighted by Gasteiger charge is -2.15. The van der Waals surface area contributed by atoms with Gasteiger partial charge in [-0.05, 0) is 49.2 Å². The molecule has 5 rings (SSSR count). The van der Waals surface area contributed by atoms with Crippen molar-refractivity contribution in [2.45, 2.75) is 13.8 Å². The summed E-state index contributed by atoms with van der Waals surface area (Å²) in [7, 11) is 4.62. The van der Waals surface area contributed by atoms with Gasteiger partial charge in [-0.15, -0.1) is 0 Å². The molecule has 214 valence electrons. The van der Waals surface area contributed by atoms with Gasteiger partial charge in [0, 0.05) is 54.6 Å². The Kier molecular flexibility index (Phi) is 7.58. The molecule has 5 aromatic rings. The number of nitrogens with zero attached hydrogens (tertiary/aromatic N) is 3. The fourth-order valence-corrected chi connectivity index (χ4v) is 4.57. The van der Waals surface area contributed by atoms with Gasteiger partial charge in [0.25, 0.3) is 11.8 Å². The zero-order chi connectivity index (χ0) is 30.1. The van der Waals surface area contributed by atoms with Gasteiger partial charge in [0.2, 0.25) is 5.43 Å². The fraction of sp³-hybridized carbons (Fsp3) is 0.161. The maximum Gasteiger partial charge on any atom is 0.261 e. The van der Waals surface area contributed by atoms with E-state index in [-0.39, 0.29) is 34.2 Å². The fourth-order valence-electron chi connectivity index (χ4n) is 4.57. The van der Waals surface area contributed by atoms with Crippen molar-refractivity contribution >= 4 is 22.6 Å². The molecule has 2 aromatic carbocycles. The van der Waals surface area contributed by atoms with Gasteiger partial charge >= 0.3 is 0 Å². The molecule has 1 amide bonds. The number of halogens is 2. The van der Waals surface area contributed by atoms with Crippen LogP contribution >= 0.6 is 0 Å². The van der Waals surface area contributed by atoms with E-state index in [1.807, 2.05) is 0 Å². The van der Waals surface area contributed by atoms with E-state index in [9.17, 15) is 14.0 Å². The molecule has 0 atom stereocenters. The minimum absolute atomic E-state index is 0.110. The Morgan fingerprint density at radius 2 is 1.71 bits per heavy atom. The lowest BCUT2D eigenvalue weighted by atomic mass is 9.98. The first-order chi connectivity index (χ1) is 20.1. The molecule has 0 saturated carbocycles. The highest BCUT2D eigenvalue weighted by atomic mass is 19.1. The number of aryl methyl sites for hydroxylation is 2. The van der Waals surface area contributed by atoms with E-state index in [1.54, 1.807) is 37.7 Å². The Bertz CT molecular complexity index is 1920. The molecular formula is C31H26F2N4O5. The summed E-state index contributed by atoms with van der Waals surface area (Å²) in [5.41, 5.74) is 1.96. The van der Waals surface area contributed by atoms with E-state index < -0.39 is 23.0 Å². The summed E-state index contributed by atoms with van der Waals surface area (Å²) in [6.07, 6.45) is 3.09. The van der Waals surface area contributed by atoms with Crippen molar-refractivity contribution in [2.24, 2.45) is 7.05 Å². The van der Waals surface area contributed by atoms with Crippen molar-refractivity contribution in [1.82, 2.24) is 14.5 Å². The highest BCUT2D eigenvalue weighted by Crippen LogP contribution is 2.35. The first-order valence-corrected chi connectivity index (χ1v) is 12.7. The van der Waals surface area contributed by atoms with Crippen molar-refractivity contribution in [2.75, 3.05) is 19.5 Å². The predicted molar refractivity (Wildman–Crippen MR) is 154 cm³/mol. The van der Waals surface area contributed by atoms with Crippen LogP contribution in [0.15, 0.2) is 65.7 Å².